The van der Waals surface area contributed by atoms with E-state index in [9.17, 15) is 0 Å². The van der Waals surface area contributed by atoms with Crippen LogP contribution in [-0.2, 0) is 0 Å². The van der Waals surface area contributed by atoms with E-state index >= 15 is 0 Å². The number of anilines is 2. The molecule has 94 valence electrons. The molecule has 0 amide bonds. The molecule has 1 aromatic heterocycles. The predicted octanol–water partition coefficient (Wildman–Crippen LogP) is 2.60. The summed E-state index contributed by atoms with van der Waals surface area (Å²) in [6, 6.07) is 2.56. The van der Waals surface area contributed by atoms with E-state index in [1.807, 2.05) is 32.0 Å². The van der Waals surface area contributed by atoms with Gasteiger partial charge in [-0.05, 0) is 19.8 Å². The second-order valence-electron chi connectivity index (χ2n) is 5.06. The van der Waals surface area contributed by atoms with Crippen molar-refractivity contribution in [3.05, 3.63) is 11.8 Å². The Kier molecular flexibility index (Phi) is 3.82. The monoisotopic (exact) mass is 234 g/mol. The van der Waals surface area contributed by atoms with Crippen molar-refractivity contribution < 1.29 is 0 Å². The quantitative estimate of drug-likeness (QED) is 0.872. The summed E-state index contributed by atoms with van der Waals surface area (Å²) in [6.07, 6.45) is 6.51. The summed E-state index contributed by atoms with van der Waals surface area (Å²) >= 11 is 0. The molecule has 1 saturated carbocycles. The highest BCUT2D eigenvalue weighted by molar-refractivity contribution is 5.43. The number of hydrogen-bond acceptors (Lipinski definition) is 4. The summed E-state index contributed by atoms with van der Waals surface area (Å²) in [4.78, 5) is 11.0. The van der Waals surface area contributed by atoms with Crippen molar-refractivity contribution in [2.75, 3.05) is 24.3 Å². The largest absolute Gasteiger partial charge is 0.363 e. The maximum Gasteiger partial charge on any atom is 0.225 e. The lowest BCUT2D eigenvalue weighted by atomic mass is 9.96. The van der Waals surface area contributed by atoms with E-state index in [-0.39, 0.29) is 0 Å². The molecule has 1 fully saturated rings. The van der Waals surface area contributed by atoms with Crippen LogP contribution in [0.15, 0.2) is 6.07 Å². The number of nitrogens with zero attached hydrogens (tertiary/aromatic N) is 3. The Bertz CT molecular complexity index is 370. The average molecular weight is 234 g/mol. The Labute approximate surface area is 103 Å². The highest BCUT2D eigenvalue weighted by Gasteiger charge is 2.14. The average Bonchev–Trinajstić information content (AvgIpc) is 2.29. The smallest absolute Gasteiger partial charge is 0.225 e. The third-order valence-corrected chi connectivity index (χ3v) is 3.24. The Morgan fingerprint density at radius 2 is 1.88 bits per heavy atom. The SMILES string of the molecule is Cc1cc(N(C)C)nc(NC2CCCCC2)n1. The first-order chi connectivity index (χ1) is 8.15. The molecule has 1 heterocycles. The summed E-state index contributed by atoms with van der Waals surface area (Å²) in [5, 5.41) is 3.47. The van der Waals surface area contributed by atoms with E-state index in [1.165, 1.54) is 32.1 Å². The molecule has 0 bridgehead atoms. The van der Waals surface area contributed by atoms with Gasteiger partial charge in [-0.25, -0.2) is 4.98 Å². The van der Waals surface area contributed by atoms with Crippen LogP contribution in [0.25, 0.3) is 0 Å². The number of hydrogen-bond donors (Lipinski definition) is 1. The van der Waals surface area contributed by atoms with Gasteiger partial charge in [-0.15, -0.1) is 0 Å². The molecule has 0 saturated heterocycles. The van der Waals surface area contributed by atoms with Crippen LogP contribution in [0.5, 0.6) is 0 Å². The lowest BCUT2D eigenvalue weighted by Gasteiger charge is -2.23. The molecule has 2 rings (SSSR count). The number of rotatable bonds is 3. The van der Waals surface area contributed by atoms with Crippen LogP contribution in [0.4, 0.5) is 11.8 Å². The zero-order chi connectivity index (χ0) is 12.3. The molecule has 0 atom stereocenters. The molecule has 0 unspecified atom stereocenters. The number of nitrogens with one attached hydrogen (secondary N) is 1. The molecule has 0 spiro atoms. The highest BCUT2D eigenvalue weighted by Crippen LogP contribution is 2.21. The summed E-state index contributed by atoms with van der Waals surface area (Å²) in [5.41, 5.74) is 1.02. The van der Waals surface area contributed by atoms with Gasteiger partial charge in [0.05, 0.1) is 0 Å². The van der Waals surface area contributed by atoms with Crippen LogP contribution in [-0.4, -0.2) is 30.1 Å². The van der Waals surface area contributed by atoms with Crippen LogP contribution < -0.4 is 10.2 Å². The van der Waals surface area contributed by atoms with Gasteiger partial charge in [0.25, 0.3) is 0 Å². The fourth-order valence-corrected chi connectivity index (χ4v) is 2.28. The Hall–Kier alpha value is -1.32. The molecular formula is C13H22N4. The van der Waals surface area contributed by atoms with Gasteiger partial charge in [0, 0.05) is 31.9 Å². The fraction of sp³-hybridized carbons (Fsp3) is 0.692. The molecule has 0 aromatic carbocycles. The minimum absolute atomic E-state index is 0.556. The number of aryl methyl sites for hydroxylation is 1. The van der Waals surface area contributed by atoms with Crippen molar-refractivity contribution in [1.29, 1.82) is 0 Å². The highest BCUT2D eigenvalue weighted by atomic mass is 15.2. The van der Waals surface area contributed by atoms with Crippen LogP contribution in [0.2, 0.25) is 0 Å². The standard InChI is InChI=1S/C13H22N4/c1-10-9-12(17(2)3)16-13(14-10)15-11-7-5-4-6-8-11/h9,11H,4-8H2,1-3H3,(H,14,15,16). The molecule has 1 N–H and O–H groups in total. The second kappa shape index (κ2) is 5.34. The number of aromatic nitrogens is 2. The van der Waals surface area contributed by atoms with E-state index in [2.05, 4.69) is 15.3 Å². The molecule has 4 heteroatoms. The molecule has 4 nitrogen and oxygen atoms in total. The Balaban J connectivity index is 2.09. The minimum atomic E-state index is 0.556. The third kappa shape index (κ3) is 3.32. The summed E-state index contributed by atoms with van der Waals surface area (Å²) < 4.78 is 0. The Morgan fingerprint density at radius 3 is 2.53 bits per heavy atom. The Morgan fingerprint density at radius 1 is 1.18 bits per heavy atom. The van der Waals surface area contributed by atoms with E-state index in [4.69, 9.17) is 0 Å². The van der Waals surface area contributed by atoms with Crippen molar-refractivity contribution >= 4 is 11.8 Å². The van der Waals surface area contributed by atoms with Gasteiger partial charge < -0.3 is 10.2 Å². The molecule has 1 aromatic rings. The van der Waals surface area contributed by atoms with E-state index in [0.29, 0.717) is 6.04 Å². The first kappa shape index (κ1) is 12.1. The van der Waals surface area contributed by atoms with Crippen molar-refractivity contribution in [3.63, 3.8) is 0 Å². The summed E-state index contributed by atoms with van der Waals surface area (Å²) in [6.45, 7) is 2.01. The molecule has 0 radical (unpaired) electrons. The van der Waals surface area contributed by atoms with E-state index in [0.717, 1.165) is 17.5 Å². The lowest BCUT2D eigenvalue weighted by molar-refractivity contribution is 0.461. The van der Waals surface area contributed by atoms with Crippen molar-refractivity contribution in [1.82, 2.24) is 9.97 Å². The van der Waals surface area contributed by atoms with Crippen molar-refractivity contribution in [2.45, 2.75) is 45.1 Å². The zero-order valence-corrected chi connectivity index (χ0v) is 11.0. The van der Waals surface area contributed by atoms with Gasteiger partial charge in [-0.2, -0.15) is 4.98 Å². The molecule has 1 aliphatic carbocycles. The van der Waals surface area contributed by atoms with E-state index in [1.54, 1.807) is 0 Å². The maximum atomic E-state index is 4.53. The van der Waals surface area contributed by atoms with Gasteiger partial charge >= 0.3 is 0 Å². The fourth-order valence-electron chi connectivity index (χ4n) is 2.28. The van der Waals surface area contributed by atoms with Crippen molar-refractivity contribution in [3.8, 4) is 0 Å². The van der Waals surface area contributed by atoms with Gasteiger partial charge in [0.15, 0.2) is 0 Å². The first-order valence-corrected chi connectivity index (χ1v) is 6.44. The second-order valence-corrected chi connectivity index (χ2v) is 5.06. The maximum absolute atomic E-state index is 4.53. The van der Waals surface area contributed by atoms with Crippen molar-refractivity contribution in [2.24, 2.45) is 0 Å². The predicted molar refractivity (Wildman–Crippen MR) is 71.6 cm³/mol. The zero-order valence-electron chi connectivity index (χ0n) is 11.0. The summed E-state index contributed by atoms with van der Waals surface area (Å²) in [7, 11) is 4.01. The van der Waals surface area contributed by atoms with E-state index < -0.39 is 0 Å². The van der Waals surface area contributed by atoms with Crippen LogP contribution >= 0.6 is 0 Å². The lowest BCUT2D eigenvalue weighted by Crippen LogP contribution is -2.24. The normalized spacial score (nSPS) is 16.9. The summed E-state index contributed by atoms with van der Waals surface area (Å²) in [5.74, 6) is 1.75. The topological polar surface area (TPSA) is 41.1 Å². The molecule has 17 heavy (non-hydrogen) atoms. The van der Waals surface area contributed by atoms with Crippen LogP contribution in [0.3, 0.4) is 0 Å². The third-order valence-electron chi connectivity index (χ3n) is 3.24. The van der Waals surface area contributed by atoms with Gasteiger partial charge in [-0.3, -0.25) is 0 Å². The van der Waals surface area contributed by atoms with Crippen LogP contribution in [0, 0.1) is 6.92 Å². The van der Waals surface area contributed by atoms with Gasteiger partial charge in [0.1, 0.15) is 5.82 Å². The molecular weight excluding hydrogens is 212 g/mol. The van der Waals surface area contributed by atoms with Gasteiger partial charge in [-0.1, -0.05) is 19.3 Å². The van der Waals surface area contributed by atoms with Crippen LogP contribution in [0.1, 0.15) is 37.8 Å². The molecule has 0 aliphatic heterocycles. The first-order valence-electron chi connectivity index (χ1n) is 6.44. The van der Waals surface area contributed by atoms with Gasteiger partial charge in [0.2, 0.25) is 5.95 Å². The minimum Gasteiger partial charge on any atom is -0.363 e. The molecule has 1 aliphatic rings.